The van der Waals surface area contributed by atoms with Crippen LogP contribution >= 0.6 is 0 Å². The van der Waals surface area contributed by atoms with Crippen molar-refractivity contribution in [2.45, 2.75) is 6.92 Å². The van der Waals surface area contributed by atoms with E-state index in [4.69, 9.17) is 9.84 Å². The van der Waals surface area contributed by atoms with Gasteiger partial charge >= 0.3 is 0 Å². The van der Waals surface area contributed by atoms with Gasteiger partial charge in [-0.15, -0.1) is 0 Å². The van der Waals surface area contributed by atoms with Crippen molar-refractivity contribution in [3.63, 3.8) is 0 Å². The lowest BCUT2D eigenvalue weighted by Crippen LogP contribution is -2.43. The van der Waals surface area contributed by atoms with E-state index in [-0.39, 0.29) is 13.2 Å². The fourth-order valence-electron chi connectivity index (χ4n) is 2.65. The van der Waals surface area contributed by atoms with Crippen LogP contribution in [0, 0.1) is 0 Å². The monoisotopic (exact) mass is 300 g/mol. The maximum atomic E-state index is 12.5. The highest BCUT2D eigenvalue weighted by molar-refractivity contribution is 6.26. The van der Waals surface area contributed by atoms with Crippen molar-refractivity contribution in [2.24, 2.45) is 0 Å². The smallest absolute Gasteiger partial charge is 0.276 e. The van der Waals surface area contributed by atoms with Crippen LogP contribution in [0.5, 0.6) is 5.75 Å². The predicted octanol–water partition coefficient (Wildman–Crippen LogP) is 1.33. The molecule has 2 aromatic carbocycles. The molecule has 2 aromatic rings. The molecule has 2 amide bonds. The molecule has 0 fully saturated rings. The molecule has 6 nitrogen and oxygen atoms in total. The molecular formula is C16H16N2O4. The molecule has 0 spiro atoms. The number of aliphatic hydroxyl groups is 1. The van der Waals surface area contributed by atoms with Crippen LogP contribution in [0.4, 0.5) is 0 Å². The zero-order valence-corrected chi connectivity index (χ0v) is 12.1. The number of carbonyl (C=O) groups is 2. The van der Waals surface area contributed by atoms with Crippen LogP contribution in [-0.2, 0) is 0 Å². The SMILES string of the molecule is CCOc1cc2c(c3ccccc13)C(=O)N(NCCO)C2=O. The fourth-order valence-corrected chi connectivity index (χ4v) is 2.65. The van der Waals surface area contributed by atoms with Crippen LogP contribution in [0.25, 0.3) is 10.8 Å². The summed E-state index contributed by atoms with van der Waals surface area (Å²) < 4.78 is 5.60. The van der Waals surface area contributed by atoms with Crippen LogP contribution in [0.1, 0.15) is 27.6 Å². The normalized spacial score (nSPS) is 13.8. The summed E-state index contributed by atoms with van der Waals surface area (Å²) in [5.74, 6) is -0.255. The zero-order valence-electron chi connectivity index (χ0n) is 12.1. The molecule has 6 heteroatoms. The van der Waals surface area contributed by atoms with Gasteiger partial charge < -0.3 is 9.84 Å². The van der Waals surface area contributed by atoms with E-state index in [1.165, 1.54) is 0 Å². The van der Waals surface area contributed by atoms with Gasteiger partial charge in [-0.1, -0.05) is 24.3 Å². The van der Waals surface area contributed by atoms with Crippen LogP contribution in [0.15, 0.2) is 30.3 Å². The molecule has 114 valence electrons. The molecule has 0 aliphatic carbocycles. The van der Waals surface area contributed by atoms with Crippen LogP contribution in [-0.4, -0.2) is 41.7 Å². The number of nitrogens with one attached hydrogen (secondary N) is 1. The summed E-state index contributed by atoms with van der Waals surface area (Å²) in [5.41, 5.74) is 3.32. The molecule has 0 bridgehead atoms. The van der Waals surface area contributed by atoms with Gasteiger partial charge in [-0.3, -0.25) is 9.59 Å². The molecule has 0 unspecified atom stereocenters. The summed E-state index contributed by atoms with van der Waals surface area (Å²) in [5, 5.41) is 11.3. The molecule has 22 heavy (non-hydrogen) atoms. The van der Waals surface area contributed by atoms with Crippen LogP contribution in [0.3, 0.4) is 0 Å². The van der Waals surface area contributed by atoms with Gasteiger partial charge in [0, 0.05) is 11.9 Å². The fraction of sp³-hybridized carbons (Fsp3) is 0.250. The quantitative estimate of drug-likeness (QED) is 0.815. The molecule has 0 saturated carbocycles. The number of aliphatic hydroxyl groups excluding tert-OH is 1. The Hall–Kier alpha value is -2.44. The Bertz CT molecular complexity index is 757. The van der Waals surface area contributed by atoms with Gasteiger partial charge in [-0.25, -0.2) is 10.4 Å². The number of amides is 2. The summed E-state index contributed by atoms with van der Waals surface area (Å²) >= 11 is 0. The highest BCUT2D eigenvalue weighted by Crippen LogP contribution is 2.35. The van der Waals surface area contributed by atoms with Crippen molar-refractivity contribution in [1.82, 2.24) is 10.4 Å². The van der Waals surface area contributed by atoms with Crippen molar-refractivity contribution in [1.29, 1.82) is 0 Å². The highest BCUT2D eigenvalue weighted by Gasteiger charge is 2.38. The second-order valence-corrected chi connectivity index (χ2v) is 4.85. The summed E-state index contributed by atoms with van der Waals surface area (Å²) in [4.78, 5) is 24.9. The van der Waals surface area contributed by atoms with Gasteiger partial charge in [0.1, 0.15) is 5.75 Å². The first-order chi connectivity index (χ1) is 10.7. The lowest BCUT2D eigenvalue weighted by atomic mass is 9.99. The van der Waals surface area contributed by atoms with Gasteiger partial charge in [0.15, 0.2) is 0 Å². The van der Waals surface area contributed by atoms with E-state index in [0.29, 0.717) is 28.9 Å². The first-order valence-electron chi connectivity index (χ1n) is 7.10. The van der Waals surface area contributed by atoms with E-state index >= 15 is 0 Å². The minimum absolute atomic E-state index is 0.127. The molecule has 2 N–H and O–H groups in total. The van der Waals surface area contributed by atoms with Crippen molar-refractivity contribution < 1.29 is 19.4 Å². The van der Waals surface area contributed by atoms with Gasteiger partial charge in [0.25, 0.3) is 11.8 Å². The standard InChI is InChI=1S/C16H16N2O4/c1-2-22-13-9-12-14(11-6-4-3-5-10(11)13)16(21)18(15(12)20)17-7-8-19/h3-6,9,17,19H,2,7-8H2,1H3. The number of rotatable bonds is 5. The molecule has 1 heterocycles. The number of hydrogen-bond acceptors (Lipinski definition) is 5. The molecule has 0 saturated heterocycles. The van der Waals surface area contributed by atoms with Crippen molar-refractivity contribution in [3.05, 3.63) is 41.5 Å². The first-order valence-corrected chi connectivity index (χ1v) is 7.10. The number of nitrogens with zero attached hydrogens (tertiary/aromatic N) is 1. The molecule has 1 aliphatic rings. The summed E-state index contributed by atoms with van der Waals surface area (Å²) in [6.45, 7) is 2.29. The Morgan fingerprint density at radius 1 is 1.18 bits per heavy atom. The van der Waals surface area contributed by atoms with Crippen LogP contribution in [0.2, 0.25) is 0 Å². The van der Waals surface area contributed by atoms with E-state index in [2.05, 4.69) is 5.43 Å². The molecule has 3 rings (SSSR count). The maximum Gasteiger partial charge on any atom is 0.276 e. The molecule has 1 aliphatic heterocycles. The average molecular weight is 300 g/mol. The van der Waals surface area contributed by atoms with Crippen molar-refractivity contribution in [2.75, 3.05) is 19.8 Å². The van der Waals surface area contributed by atoms with E-state index in [1.54, 1.807) is 12.1 Å². The number of benzene rings is 2. The Kier molecular flexibility index (Phi) is 3.79. The highest BCUT2D eigenvalue weighted by atomic mass is 16.5. The molecular weight excluding hydrogens is 284 g/mol. The second kappa shape index (κ2) is 5.75. The Balaban J connectivity index is 2.18. The predicted molar refractivity (Wildman–Crippen MR) is 80.7 cm³/mol. The summed E-state index contributed by atoms with van der Waals surface area (Å²) in [6, 6.07) is 8.96. The lowest BCUT2D eigenvalue weighted by Gasteiger charge is -2.13. The third-order valence-corrected chi connectivity index (χ3v) is 3.54. The van der Waals surface area contributed by atoms with Crippen LogP contribution < -0.4 is 10.2 Å². The van der Waals surface area contributed by atoms with Gasteiger partial charge in [-0.2, -0.15) is 0 Å². The van der Waals surface area contributed by atoms with Gasteiger partial charge in [-0.05, 0) is 18.4 Å². The molecule has 0 atom stereocenters. The average Bonchev–Trinajstić information content (AvgIpc) is 2.77. The third kappa shape index (κ3) is 2.13. The van der Waals surface area contributed by atoms with Gasteiger partial charge in [0.05, 0.1) is 24.3 Å². The van der Waals surface area contributed by atoms with Crippen molar-refractivity contribution >= 4 is 22.6 Å². The number of hydrazine groups is 1. The summed E-state index contributed by atoms with van der Waals surface area (Å²) in [7, 11) is 0. The van der Waals surface area contributed by atoms with E-state index < -0.39 is 11.8 Å². The van der Waals surface area contributed by atoms with E-state index in [1.807, 2.05) is 25.1 Å². The number of ether oxygens (including phenoxy) is 1. The third-order valence-electron chi connectivity index (χ3n) is 3.54. The second-order valence-electron chi connectivity index (χ2n) is 4.85. The Morgan fingerprint density at radius 2 is 1.91 bits per heavy atom. The Morgan fingerprint density at radius 3 is 2.59 bits per heavy atom. The lowest BCUT2D eigenvalue weighted by molar-refractivity contribution is 0.0556. The Labute approximate surface area is 127 Å². The topological polar surface area (TPSA) is 78.9 Å². The zero-order chi connectivity index (χ0) is 15.7. The molecule has 0 aromatic heterocycles. The number of carbonyl (C=O) groups excluding carboxylic acids is 2. The van der Waals surface area contributed by atoms with Gasteiger partial charge in [0.2, 0.25) is 0 Å². The number of imide groups is 1. The van der Waals surface area contributed by atoms with E-state index in [0.717, 1.165) is 10.4 Å². The minimum atomic E-state index is -0.430. The molecule has 0 radical (unpaired) electrons. The minimum Gasteiger partial charge on any atom is -0.493 e. The number of fused-ring (bicyclic) bond motifs is 3. The van der Waals surface area contributed by atoms with Crippen molar-refractivity contribution in [3.8, 4) is 5.75 Å². The first kappa shape index (κ1) is 14.5. The number of hydrogen-bond donors (Lipinski definition) is 2. The largest absolute Gasteiger partial charge is 0.493 e. The van der Waals surface area contributed by atoms with E-state index in [9.17, 15) is 9.59 Å². The maximum absolute atomic E-state index is 12.5. The summed E-state index contributed by atoms with van der Waals surface area (Å²) in [6.07, 6.45) is 0.